The number of anilines is 2. The Labute approximate surface area is 177 Å². The Bertz CT molecular complexity index is 1130. The molecule has 3 heterocycles. The molecular formula is C25H27N5. The lowest BCUT2D eigenvalue weighted by atomic mass is 10.1. The molecule has 0 bridgehead atoms. The molecule has 3 aromatic rings. The average Bonchev–Trinajstić information content (AvgIpc) is 2.81. The van der Waals surface area contributed by atoms with Gasteiger partial charge in [0, 0.05) is 42.3 Å². The number of nitrogens with zero attached hydrogens (tertiary/aromatic N) is 5. The van der Waals surface area contributed by atoms with E-state index in [1.807, 2.05) is 12.3 Å². The number of para-hydroxylation sites is 2. The summed E-state index contributed by atoms with van der Waals surface area (Å²) in [7, 11) is 0. The molecule has 5 heteroatoms. The van der Waals surface area contributed by atoms with Crippen molar-refractivity contribution in [3.63, 3.8) is 0 Å². The van der Waals surface area contributed by atoms with Crippen molar-refractivity contribution < 1.29 is 0 Å². The van der Waals surface area contributed by atoms with Crippen molar-refractivity contribution in [2.45, 2.75) is 25.9 Å². The van der Waals surface area contributed by atoms with E-state index in [0.29, 0.717) is 18.8 Å². The molecule has 30 heavy (non-hydrogen) atoms. The molecule has 2 aliphatic heterocycles. The maximum Gasteiger partial charge on any atom is 0.128 e. The predicted octanol–water partition coefficient (Wildman–Crippen LogP) is 2.84. The van der Waals surface area contributed by atoms with Gasteiger partial charge in [0.1, 0.15) is 18.3 Å². The normalized spacial score (nSPS) is 21.3. The van der Waals surface area contributed by atoms with E-state index in [-0.39, 0.29) is 0 Å². The standard InChI is InChI=1S/C25H27N5/c1-19-17-29(20(2)16-28(19)24-14-8-9-15-26-24)25-22-12-6-7-13-23(22)27-18-30(25)21-10-4-3-5-11-21/h3-15,19-20H,16-18H2,1-2H3/t19-,20-/m1/s1. The summed E-state index contributed by atoms with van der Waals surface area (Å²) in [5.41, 5.74) is 1.18. The average molecular weight is 398 g/mol. The van der Waals surface area contributed by atoms with E-state index < -0.39 is 0 Å². The largest absolute Gasteiger partial charge is 0.351 e. The van der Waals surface area contributed by atoms with Gasteiger partial charge < -0.3 is 14.7 Å². The topological polar surface area (TPSA) is 35.0 Å². The van der Waals surface area contributed by atoms with Crippen LogP contribution in [-0.4, -0.2) is 41.7 Å². The van der Waals surface area contributed by atoms with E-state index in [4.69, 9.17) is 4.99 Å². The van der Waals surface area contributed by atoms with Gasteiger partial charge in [-0.05, 0) is 50.2 Å². The highest BCUT2D eigenvalue weighted by Crippen LogP contribution is 2.29. The van der Waals surface area contributed by atoms with Crippen LogP contribution in [0.25, 0.3) is 5.82 Å². The quantitative estimate of drug-likeness (QED) is 0.681. The Balaban J connectivity index is 1.57. The molecule has 1 aromatic heterocycles. The fourth-order valence-corrected chi connectivity index (χ4v) is 4.55. The molecule has 2 aromatic carbocycles. The monoisotopic (exact) mass is 397 g/mol. The van der Waals surface area contributed by atoms with Crippen molar-refractivity contribution in [3.8, 4) is 0 Å². The second-order valence-electron chi connectivity index (χ2n) is 8.09. The van der Waals surface area contributed by atoms with Gasteiger partial charge in [0.2, 0.25) is 0 Å². The van der Waals surface area contributed by atoms with Crippen LogP contribution in [0.1, 0.15) is 13.8 Å². The van der Waals surface area contributed by atoms with E-state index in [9.17, 15) is 0 Å². The minimum atomic E-state index is 0.343. The van der Waals surface area contributed by atoms with Crippen molar-refractivity contribution in [2.24, 2.45) is 4.99 Å². The minimum absolute atomic E-state index is 0.343. The van der Waals surface area contributed by atoms with Gasteiger partial charge in [0.15, 0.2) is 0 Å². The zero-order chi connectivity index (χ0) is 20.5. The third-order valence-corrected chi connectivity index (χ3v) is 6.05. The van der Waals surface area contributed by atoms with Gasteiger partial charge >= 0.3 is 0 Å². The van der Waals surface area contributed by atoms with Gasteiger partial charge in [-0.1, -0.05) is 36.4 Å². The first-order valence-corrected chi connectivity index (χ1v) is 10.6. The van der Waals surface area contributed by atoms with Crippen LogP contribution in [0.3, 0.4) is 0 Å². The van der Waals surface area contributed by atoms with E-state index in [1.54, 1.807) is 0 Å². The lowest BCUT2D eigenvalue weighted by Gasteiger charge is -2.48. The third kappa shape index (κ3) is 3.30. The van der Waals surface area contributed by atoms with Gasteiger partial charge in [-0.25, -0.2) is 4.98 Å². The molecule has 0 unspecified atom stereocenters. The van der Waals surface area contributed by atoms with Crippen LogP contribution >= 0.6 is 0 Å². The maximum absolute atomic E-state index is 4.86. The molecule has 1 fully saturated rings. The van der Waals surface area contributed by atoms with Crippen molar-refractivity contribution >= 4 is 17.3 Å². The Morgan fingerprint density at radius 1 is 0.767 bits per heavy atom. The van der Waals surface area contributed by atoms with Crippen LogP contribution in [0.4, 0.5) is 11.5 Å². The van der Waals surface area contributed by atoms with Crippen LogP contribution in [0, 0.1) is 0 Å². The van der Waals surface area contributed by atoms with Gasteiger partial charge in [0.05, 0.1) is 5.36 Å². The molecule has 0 radical (unpaired) electrons. The summed E-state index contributed by atoms with van der Waals surface area (Å²) in [5, 5.41) is 2.28. The molecule has 5 nitrogen and oxygen atoms in total. The molecule has 0 N–H and O–H groups in total. The van der Waals surface area contributed by atoms with Crippen LogP contribution in [0.2, 0.25) is 0 Å². The molecule has 2 atom stereocenters. The SMILES string of the molecule is C[C@@H]1CN(c2ccccn2)[C@H](C)CN1C1=c2ccccc2=NCN1c1ccccc1. The highest BCUT2D eigenvalue weighted by molar-refractivity contribution is 5.68. The Kier molecular flexibility index (Phi) is 4.87. The number of piperazine rings is 1. The first-order chi connectivity index (χ1) is 14.7. The number of benzene rings is 2. The number of fused-ring (bicyclic) bond motifs is 1. The zero-order valence-corrected chi connectivity index (χ0v) is 17.5. The van der Waals surface area contributed by atoms with Gasteiger partial charge in [-0.2, -0.15) is 0 Å². The van der Waals surface area contributed by atoms with Crippen molar-refractivity contribution in [2.75, 3.05) is 29.6 Å². The summed E-state index contributed by atoms with van der Waals surface area (Å²) in [6, 6.07) is 25.9. The van der Waals surface area contributed by atoms with Crippen LogP contribution in [0.15, 0.2) is 84.0 Å². The van der Waals surface area contributed by atoms with E-state index in [1.165, 1.54) is 16.7 Å². The Morgan fingerprint density at radius 3 is 2.27 bits per heavy atom. The van der Waals surface area contributed by atoms with Gasteiger partial charge in [-0.15, -0.1) is 0 Å². The summed E-state index contributed by atoms with van der Waals surface area (Å²) >= 11 is 0. The summed E-state index contributed by atoms with van der Waals surface area (Å²) < 4.78 is 0. The first-order valence-electron chi connectivity index (χ1n) is 10.6. The fourth-order valence-electron chi connectivity index (χ4n) is 4.55. The lowest BCUT2D eigenvalue weighted by Crippen LogP contribution is -2.60. The first kappa shape index (κ1) is 18.7. The summed E-state index contributed by atoms with van der Waals surface area (Å²) in [6.45, 7) is 7.11. The molecule has 0 aliphatic carbocycles. The van der Waals surface area contributed by atoms with Gasteiger partial charge in [0.25, 0.3) is 0 Å². The predicted molar refractivity (Wildman–Crippen MR) is 122 cm³/mol. The third-order valence-electron chi connectivity index (χ3n) is 6.05. The molecule has 152 valence electrons. The number of pyridine rings is 1. The van der Waals surface area contributed by atoms with Crippen molar-refractivity contribution in [1.82, 2.24) is 9.88 Å². The number of rotatable bonds is 3. The van der Waals surface area contributed by atoms with Crippen LogP contribution < -0.4 is 20.4 Å². The molecule has 0 spiro atoms. The van der Waals surface area contributed by atoms with Crippen LogP contribution in [-0.2, 0) is 0 Å². The molecule has 2 aliphatic rings. The minimum Gasteiger partial charge on any atom is -0.351 e. The van der Waals surface area contributed by atoms with Crippen molar-refractivity contribution in [3.05, 3.63) is 89.6 Å². The van der Waals surface area contributed by atoms with Crippen LogP contribution in [0.5, 0.6) is 0 Å². The number of hydrogen-bond donors (Lipinski definition) is 0. The molecule has 5 rings (SSSR count). The van der Waals surface area contributed by atoms with E-state index in [0.717, 1.165) is 24.3 Å². The molecular weight excluding hydrogens is 370 g/mol. The second-order valence-corrected chi connectivity index (χ2v) is 8.09. The molecule has 1 saturated heterocycles. The Morgan fingerprint density at radius 2 is 1.47 bits per heavy atom. The number of hydrogen-bond acceptors (Lipinski definition) is 5. The second kappa shape index (κ2) is 7.82. The smallest absolute Gasteiger partial charge is 0.128 e. The van der Waals surface area contributed by atoms with E-state index in [2.05, 4.69) is 100 Å². The summed E-state index contributed by atoms with van der Waals surface area (Å²) in [5.74, 6) is 2.31. The lowest BCUT2D eigenvalue weighted by molar-refractivity contribution is 0.240. The Hall–Kier alpha value is -3.34. The molecule has 0 saturated carbocycles. The van der Waals surface area contributed by atoms with Gasteiger partial charge in [-0.3, -0.25) is 4.99 Å². The highest BCUT2D eigenvalue weighted by atomic mass is 15.4. The summed E-state index contributed by atoms with van der Waals surface area (Å²) in [4.78, 5) is 16.8. The zero-order valence-electron chi connectivity index (χ0n) is 17.5. The number of aromatic nitrogens is 1. The maximum atomic E-state index is 4.86. The van der Waals surface area contributed by atoms with Crippen molar-refractivity contribution in [1.29, 1.82) is 0 Å². The fraction of sp³-hybridized carbons (Fsp3) is 0.280. The highest BCUT2D eigenvalue weighted by Gasteiger charge is 2.34. The van der Waals surface area contributed by atoms with E-state index >= 15 is 0 Å². The summed E-state index contributed by atoms with van der Waals surface area (Å²) in [6.07, 6.45) is 1.88. The molecule has 0 amide bonds.